The molecule has 0 bridgehead atoms. The lowest BCUT2D eigenvalue weighted by Crippen LogP contribution is -2.40. The van der Waals surface area contributed by atoms with Crippen LogP contribution in [-0.2, 0) is 17.8 Å². The van der Waals surface area contributed by atoms with E-state index in [-0.39, 0.29) is 12.5 Å². The van der Waals surface area contributed by atoms with E-state index in [1.54, 1.807) is 20.4 Å². The molecule has 7 heteroatoms. The number of furan rings is 1. The Kier molecular flexibility index (Phi) is 7.72. The van der Waals surface area contributed by atoms with Crippen LogP contribution in [0.3, 0.4) is 0 Å². The molecule has 6 nitrogen and oxygen atoms in total. The number of likely N-dealkylation sites (N-methyl/N-ethyl adjacent to an activating group) is 1. The Morgan fingerprint density at radius 1 is 1.19 bits per heavy atom. The molecule has 1 N–H and O–H groups in total. The minimum atomic E-state index is -0.0374. The Labute approximate surface area is 163 Å². The largest absolute Gasteiger partial charge is 0.469 e. The lowest BCUT2D eigenvalue weighted by atomic mass is 10.2. The van der Waals surface area contributed by atoms with Crippen LogP contribution in [0.1, 0.15) is 11.3 Å². The number of carbonyl (C=O) groups is 1. The van der Waals surface area contributed by atoms with E-state index < -0.39 is 0 Å². The fourth-order valence-corrected chi connectivity index (χ4v) is 2.72. The molecule has 1 aromatic heterocycles. The number of halogens is 1. The Balaban J connectivity index is 2.03. The lowest BCUT2D eigenvalue weighted by molar-refractivity contribution is -0.127. The van der Waals surface area contributed by atoms with Crippen LogP contribution in [0, 0.1) is 0 Å². The van der Waals surface area contributed by atoms with Gasteiger partial charge in [-0.15, -0.1) is 0 Å². The van der Waals surface area contributed by atoms with E-state index >= 15 is 0 Å². The second kappa shape index (κ2) is 10.0. The van der Waals surface area contributed by atoms with Gasteiger partial charge in [0.25, 0.3) is 0 Å². The molecule has 1 heterocycles. The van der Waals surface area contributed by atoms with E-state index in [0.29, 0.717) is 19.0 Å². The molecule has 140 valence electrons. The molecule has 0 atom stereocenters. The number of rotatable bonds is 7. The molecule has 26 heavy (non-hydrogen) atoms. The fraction of sp³-hybridized carbons (Fsp3) is 0.368. The van der Waals surface area contributed by atoms with Crippen molar-refractivity contribution in [3.8, 4) is 0 Å². The van der Waals surface area contributed by atoms with Gasteiger partial charge in [-0.25, -0.2) is 4.99 Å². The van der Waals surface area contributed by atoms with Crippen molar-refractivity contribution in [1.29, 1.82) is 0 Å². The van der Waals surface area contributed by atoms with Gasteiger partial charge in [0.15, 0.2) is 5.96 Å². The van der Waals surface area contributed by atoms with Crippen LogP contribution < -0.4 is 5.32 Å². The average Bonchev–Trinajstić information content (AvgIpc) is 3.12. The maximum absolute atomic E-state index is 11.9. The summed E-state index contributed by atoms with van der Waals surface area (Å²) in [6.07, 6.45) is 2.41. The zero-order valence-electron chi connectivity index (χ0n) is 15.4. The van der Waals surface area contributed by atoms with Crippen LogP contribution in [0.4, 0.5) is 0 Å². The maximum atomic E-state index is 11.9. The zero-order valence-corrected chi connectivity index (χ0v) is 17.0. The molecule has 2 aromatic rings. The lowest BCUT2D eigenvalue weighted by Gasteiger charge is -2.23. The highest BCUT2D eigenvalue weighted by Gasteiger charge is 2.11. The summed E-state index contributed by atoms with van der Waals surface area (Å²) in [5.74, 6) is 1.56. The van der Waals surface area contributed by atoms with Crippen molar-refractivity contribution >= 4 is 27.8 Å². The van der Waals surface area contributed by atoms with Gasteiger partial charge in [0.05, 0.1) is 6.26 Å². The average molecular weight is 421 g/mol. The second-order valence-electron chi connectivity index (χ2n) is 6.13. The molecule has 0 fully saturated rings. The van der Waals surface area contributed by atoms with Crippen LogP contribution in [-0.4, -0.2) is 55.9 Å². The smallest absolute Gasteiger partial charge is 0.243 e. The van der Waals surface area contributed by atoms with Crippen molar-refractivity contribution in [2.24, 2.45) is 4.99 Å². The van der Waals surface area contributed by atoms with Crippen LogP contribution in [0.15, 0.2) is 56.5 Å². The Morgan fingerprint density at radius 3 is 2.62 bits per heavy atom. The fourth-order valence-electron chi connectivity index (χ4n) is 2.30. The zero-order chi connectivity index (χ0) is 18.9. The monoisotopic (exact) mass is 420 g/mol. The van der Waals surface area contributed by atoms with Crippen LogP contribution >= 0.6 is 15.9 Å². The number of amides is 1. The van der Waals surface area contributed by atoms with Crippen LogP contribution in [0.25, 0.3) is 0 Å². The van der Waals surface area contributed by atoms with Gasteiger partial charge in [-0.05, 0) is 23.8 Å². The van der Waals surface area contributed by atoms with E-state index in [1.807, 2.05) is 42.3 Å². The molecular formula is C19H25BrN4O2. The van der Waals surface area contributed by atoms with Crippen molar-refractivity contribution in [2.45, 2.75) is 13.0 Å². The highest BCUT2D eigenvalue weighted by atomic mass is 79.9. The molecule has 0 spiro atoms. The third-order valence-corrected chi connectivity index (χ3v) is 4.60. The van der Waals surface area contributed by atoms with E-state index in [1.165, 1.54) is 4.90 Å². The molecule has 0 aliphatic rings. The summed E-state index contributed by atoms with van der Waals surface area (Å²) in [6, 6.07) is 11.9. The summed E-state index contributed by atoms with van der Waals surface area (Å²) >= 11 is 3.57. The van der Waals surface area contributed by atoms with Crippen molar-refractivity contribution in [3.63, 3.8) is 0 Å². The van der Waals surface area contributed by atoms with Gasteiger partial charge in [0.1, 0.15) is 12.3 Å². The van der Waals surface area contributed by atoms with Gasteiger partial charge in [-0.2, -0.15) is 0 Å². The molecule has 0 unspecified atom stereocenters. The van der Waals surface area contributed by atoms with Crippen molar-refractivity contribution in [1.82, 2.24) is 15.1 Å². The van der Waals surface area contributed by atoms with Crippen LogP contribution in [0.2, 0.25) is 0 Å². The highest BCUT2D eigenvalue weighted by Crippen LogP contribution is 2.17. The SMILES string of the molecule is CN(C)C(=O)CN=C(NCCc1ccco1)N(C)Cc1ccccc1Br. The van der Waals surface area contributed by atoms with Gasteiger partial charge in [-0.3, -0.25) is 4.79 Å². The summed E-state index contributed by atoms with van der Waals surface area (Å²) in [6.45, 7) is 1.45. The Morgan fingerprint density at radius 2 is 1.96 bits per heavy atom. The number of benzene rings is 1. The van der Waals surface area contributed by atoms with E-state index in [9.17, 15) is 4.79 Å². The number of guanidine groups is 1. The normalized spacial score (nSPS) is 11.3. The molecule has 0 radical (unpaired) electrons. The third kappa shape index (κ3) is 6.22. The number of nitrogens with zero attached hydrogens (tertiary/aromatic N) is 3. The Bertz CT molecular complexity index is 729. The number of nitrogens with one attached hydrogen (secondary N) is 1. The highest BCUT2D eigenvalue weighted by molar-refractivity contribution is 9.10. The van der Waals surface area contributed by atoms with Crippen molar-refractivity contribution in [2.75, 3.05) is 34.2 Å². The molecule has 0 aliphatic carbocycles. The molecule has 0 saturated heterocycles. The molecule has 2 rings (SSSR count). The number of carbonyl (C=O) groups excluding carboxylic acids is 1. The molecule has 1 amide bonds. The predicted molar refractivity (Wildman–Crippen MR) is 107 cm³/mol. The summed E-state index contributed by atoms with van der Waals surface area (Å²) in [5, 5.41) is 3.32. The quantitative estimate of drug-likeness (QED) is 0.552. The van der Waals surface area contributed by atoms with Crippen molar-refractivity contribution in [3.05, 3.63) is 58.5 Å². The second-order valence-corrected chi connectivity index (χ2v) is 6.99. The summed E-state index contributed by atoms with van der Waals surface area (Å²) in [7, 11) is 5.41. The van der Waals surface area contributed by atoms with Gasteiger partial charge in [0, 0.05) is 45.1 Å². The van der Waals surface area contributed by atoms with Gasteiger partial charge in [0.2, 0.25) is 5.91 Å². The first kappa shape index (κ1) is 20.0. The molecule has 0 aliphatic heterocycles. The third-order valence-electron chi connectivity index (χ3n) is 3.82. The first-order valence-electron chi connectivity index (χ1n) is 8.42. The van der Waals surface area contributed by atoms with Gasteiger partial charge < -0.3 is 19.5 Å². The molecular weight excluding hydrogens is 396 g/mol. The first-order valence-corrected chi connectivity index (χ1v) is 9.22. The predicted octanol–water partition coefficient (Wildman–Crippen LogP) is 2.75. The van der Waals surface area contributed by atoms with E-state index in [0.717, 1.165) is 22.2 Å². The number of hydrogen-bond acceptors (Lipinski definition) is 3. The van der Waals surface area contributed by atoms with Crippen LogP contribution in [0.5, 0.6) is 0 Å². The summed E-state index contributed by atoms with van der Waals surface area (Å²) in [4.78, 5) is 19.9. The number of hydrogen-bond donors (Lipinski definition) is 1. The van der Waals surface area contributed by atoms with Crippen molar-refractivity contribution < 1.29 is 9.21 Å². The summed E-state index contributed by atoms with van der Waals surface area (Å²) < 4.78 is 6.40. The summed E-state index contributed by atoms with van der Waals surface area (Å²) in [5.41, 5.74) is 1.15. The first-order chi connectivity index (χ1) is 12.5. The maximum Gasteiger partial charge on any atom is 0.243 e. The molecule has 1 aromatic carbocycles. The van der Waals surface area contributed by atoms with Gasteiger partial charge in [-0.1, -0.05) is 34.1 Å². The standard InChI is InChI=1S/C19H25BrN4O2/c1-23(2)18(25)13-22-19(21-11-10-16-8-6-12-26-16)24(3)14-15-7-4-5-9-17(15)20/h4-9,12H,10-11,13-14H2,1-3H3,(H,21,22). The topological polar surface area (TPSA) is 61.1 Å². The van der Waals surface area contributed by atoms with Gasteiger partial charge >= 0.3 is 0 Å². The Hall–Kier alpha value is -2.28. The molecule has 0 saturated carbocycles. The number of aliphatic imine (C=N–C) groups is 1. The minimum absolute atomic E-state index is 0.0374. The van der Waals surface area contributed by atoms with E-state index in [2.05, 4.69) is 32.3 Å². The minimum Gasteiger partial charge on any atom is -0.469 e. The van der Waals surface area contributed by atoms with E-state index in [4.69, 9.17) is 4.42 Å².